The molecule has 1 aromatic carbocycles. The molecule has 29 heavy (non-hydrogen) atoms. The molecule has 1 aliphatic rings. The van der Waals surface area contributed by atoms with E-state index in [9.17, 15) is 9.59 Å². The molecule has 3 N–H and O–H groups in total. The number of nitrogens with one attached hydrogen (secondary N) is 1. The summed E-state index contributed by atoms with van der Waals surface area (Å²) < 4.78 is 5.59. The summed E-state index contributed by atoms with van der Waals surface area (Å²) >= 11 is 20.2. The second kappa shape index (κ2) is 8.72. The van der Waals surface area contributed by atoms with Crippen LogP contribution >= 0.6 is 46.1 Å². The maximum absolute atomic E-state index is 12.5. The number of thiophene rings is 1. The molecule has 2 amide bonds. The highest BCUT2D eigenvalue weighted by Crippen LogP contribution is 2.43. The largest absolute Gasteiger partial charge is 0.481 e. The van der Waals surface area contributed by atoms with Gasteiger partial charge in [-0.05, 0) is 55.7 Å². The van der Waals surface area contributed by atoms with E-state index in [1.807, 2.05) is 0 Å². The van der Waals surface area contributed by atoms with Crippen LogP contribution < -0.4 is 15.8 Å². The molecule has 0 saturated carbocycles. The number of hydrogen-bond acceptors (Lipinski definition) is 4. The van der Waals surface area contributed by atoms with E-state index in [0.717, 1.165) is 29.7 Å². The van der Waals surface area contributed by atoms with Gasteiger partial charge in [0.1, 0.15) is 5.00 Å². The molecule has 1 aliphatic carbocycles. The van der Waals surface area contributed by atoms with Gasteiger partial charge in [0.15, 0.2) is 12.4 Å². The highest BCUT2D eigenvalue weighted by Gasteiger charge is 2.27. The lowest BCUT2D eigenvalue weighted by atomic mass is 9.88. The minimum atomic E-state index is -0.539. The van der Waals surface area contributed by atoms with Crippen LogP contribution in [0.3, 0.4) is 0 Å². The molecule has 0 saturated heterocycles. The Morgan fingerprint density at radius 2 is 1.79 bits per heavy atom. The lowest BCUT2D eigenvalue weighted by Gasteiger charge is -2.18. The first-order chi connectivity index (χ1) is 13.6. The Morgan fingerprint density at radius 1 is 1.17 bits per heavy atom. The van der Waals surface area contributed by atoms with Crippen LogP contribution in [0, 0.1) is 19.8 Å². The Bertz CT molecular complexity index is 975. The number of amides is 2. The highest BCUT2D eigenvalue weighted by molar-refractivity contribution is 7.17. The second-order valence-electron chi connectivity index (χ2n) is 7.28. The summed E-state index contributed by atoms with van der Waals surface area (Å²) in [6.07, 6.45) is 2.65. The fraction of sp³-hybridized carbons (Fsp3) is 0.400. The number of nitrogens with two attached hydrogens (primary N) is 1. The van der Waals surface area contributed by atoms with Crippen LogP contribution in [0.25, 0.3) is 0 Å². The summed E-state index contributed by atoms with van der Waals surface area (Å²) in [4.78, 5) is 25.6. The van der Waals surface area contributed by atoms with Gasteiger partial charge in [-0.15, -0.1) is 11.3 Å². The van der Waals surface area contributed by atoms with Crippen molar-refractivity contribution in [1.29, 1.82) is 0 Å². The standard InChI is InChI=1S/C20H21Cl3N2O3S/c1-8-4-5-11-12(6-8)29-20(14(11)19(24)27)25-13(26)7-28-18-16(22)9(2)15(21)10(3)17(18)23/h8H,4-7H2,1-3H3,(H2,24,27)(H,25,26). The molecule has 156 valence electrons. The lowest BCUT2D eigenvalue weighted by molar-refractivity contribution is -0.118. The topological polar surface area (TPSA) is 81.4 Å². The molecule has 3 rings (SSSR count). The van der Waals surface area contributed by atoms with Crippen molar-refractivity contribution >= 4 is 63.0 Å². The number of halogens is 3. The van der Waals surface area contributed by atoms with Crippen LogP contribution in [-0.2, 0) is 17.6 Å². The SMILES string of the molecule is Cc1c(Cl)c(C)c(Cl)c(OCC(=O)Nc2sc3c(c2C(N)=O)CCC(C)C3)c1Cl. The third-order valence-electron chi connectivity index (χ3n) is 5.07. The van der Waals surface area contributed by atoms with E-state index in [4.69, 9.17) is 45.3 Å². The quantitative estimate of drug-likeness (QED) is 0.593. The summed E-state index contributed by atoms with van der Waals surface area (Å²) in [5.74, 6) is -0.230. The maximum Gasteiger partial charge on any atom is 0.262 e. The van der Waals surface area contributed by atoms with Gasteiger partial charge in [-0.25, -0.2) is 0 Å². The zero-order valence-corrected chi connectivity index (χ0v) is 19.3. The van der Waals surface area contributed by atoms with Gasteiger partial charge in [-0.2, -0.15) is 0 Å². The van der Waals surface area contributed by atoms with Gasteiger partial charge in [0.2, 0.25) is 0 Å². The zero-order valence-electron chi connectivity index (χ0n) is 16.3. The Morgan fingerprint density at radius 3 is 2.38 bits per heavy atom. The summed E-state index contributed by atoms with van der Waals surface area (Å²) in [6.45, 7) is 5.34. The Hall–Kier alpha value is -1.47. The van der Waals surface area contributed by atoms with Crippen molar-refractivity contribution in [1.82, 2.24) is 0 Å². The number of carbonyl (C=O) groups is 2. The molecule has 0 aliphatic heterocycles. The van der Waals surface area contributed by atoms with Crippen molar-refractivity contribution in [3.63, 3.8) is 0 Å². The number of primary amides is 1. The van der Waals surface area contributed by atoms with Gasteiger partial charge in [-0.1, -0.05) is 41.7 Å². The lowest BCUT2D eigenvalue weighted by Crippen LogP contribution is -2.23. The van der Waals surface area contributed by atoms with Gasteiger partial charge in [0.05, 0.1) is 15.6 Å². The highest BCUT2D eigenvalue weighted by atomic mass is 35.5. The molecule has 0 fully saturated rings. The van der Waals surface area contributed by atoms with Crippen LogP contribution in [0.15, 0.2) is 0 Å². The van der Waals surface area contributed by atoms with Gasteiger partial charge in [0.25, 0.3) is 11.8 Å². The number of hydrogen-bond donors (Lipinski definition) is 2. The van der Waals surface area contributed by atoms with E-state index in [1.165, 1.54) is 11.3 Å². The van der Waals surface area contributed by atoms with E-state index in [0.29, 0.717) is 32.6 Å². The third-order valence-corrected chi connectivity index (χ3v) is 7.72. The van der Waals surface area contributed by atoms with Crippen molar-refractivity contribution in [3.05, 3.63) is 42.2 Å². The summed E-state index contributed by atoms with van der Waals surface area (Å²) in [5, 5.41) is 4.20. The zero-order chi connectivity index (χ0) is 21.5. The number of benzene rings is 1. The van der Waals surface area contributed by atoms with Crippen molar-refractivity contribution in [2.75, 3.05) is 11.9 Å². The van der Waals surface area contributed by atoms with Crippen molar-refractivity contribution in [2.24, 2.45) is 11.7 Å². The number of ether oxygens (including phenoxy) is 1. The van der Waals surface area contributed by atoms with E-state index >= 15 is 0 Å². The van der Waals surface area contributed by atoms with Crippen molar-refractivity contribution in [3.8, 4) is 5.75 Å². The number of carbonyl (C=O) groups excluding carboxylic acids is 2. The molecule has 1 aromatic heterocycles. The maximum atomic E-state index is 12.5. The average molecular weight is 476 g/mol. The van der Waals surface area contributed by atoms with Gasteiger partial charge in [0, 0.05) is 9.90 Å². The fourth-order valence-electron chi connectivity index (χ4n) is 3.44. The van der Waals surface area contributed by atoms with Crippen LogP contribution in [0.5, 0.6) is 5.75 Å². The first-order valence-corrected chi connectivity index (χ1v) is 11.1. The monoisotopic (exact) mass is 474 g/mol. The molecule has 1 atom stereocenters. The first-order valence-electron chi connectivity index (χ1n) is 9.12. The van der Waals surface area contributed by atoms with E-state index in [-0.39, 0.29) is 22.4 Å². The number of anilines is 1. The average Bonchev–Trinajstić information content (AvgIpc) is 3.01. The van der Waals surface area contributed by atoms with Gasteiger partial charge in [-0.3, -0.25) is 9.59 Å². The second-order valence-corrected chi connectivity index (χ2v) is 9.52. The van der Waals surface area contributed by atoms with Crippen LogP contribution in [0.1, 0.15) is 45.3 Å². The van der Waals surface area contributed by atoms with Crippen molar-refractivity contribution in [2.45, 2.75) is 40.0 Å². The van der Waals surface area contributed by atoms with Crippen molar-refractivity contribution < 1.29 is 14.3 Å². The molecule has 0 spiro atoms. The molecule has 2 aromatic rings. The normalized spacial score (nSPS) is 15.7. The Labute approximate surface area is 188 Å². The first kappa shape index (κ1) is 22.2. The van der Waals surface area contributed by atoms with Crippen LogP contribution in [0.4, 0.5) is 5.00 Å². The minimum Gasteiger partial charge on any atom is -0.481 e. The molecular formula is C20H21Cl3N2O3S. The molecule has 5 nitrogen and oxygen atoms in total. The molecule has 0 radical (unpaired) electrons. The summed E-state index contributed by atoms with van der Waals surface area (Å²) in [5.41, 5.74) is 8.19. The fourth-order valence-corrected chi connectivity index (χ4v) is 5.69. The molecule has 1 heterocycles. The van der Waals surface area contributed by atoms with E-state index in [2.05, 4.69) is 12.2 Å². The molecular weight excluding hydrogens is 455 g/mol. The van der Waals surface area contributed by atoms with E-state index < -0.39 is 11.8 Å². The number of rotatable bonds is 5. The van der Waals surface area contributed by atoms with Gasteiger partial charge >= 0.3 is 0 Å². The van der Waals surface area contributed by atoms with E-state index in [1.54, 1.807) is 13.8 Å². The molecule has 1 unspecified atom stereocenters. The summed E-state index contributed by atoms with van der Waals surface area (Å²) in [7, 11) is 0. The van der Waals surface area contributed by atoms with Crippen LogP contribution in [0.2, 0.25) is 15.1 Å². The molecule has 0 bridgehead atoms. The van der Waals surface area contributed by atoms with Crippen LogP contribution in [-0.4, -0.2) is 18.4 Å². The third kappa shape index (κ3) is 4.36. The minimum absolute atomic E-state index is 0.206. The number of fused-ring (bicyclic) bond motifs is 1. The Kier molecular flexibility index (Phi) is 6.68. The predicted octanol–water partition coefficient (Wildman–Crippen LogP) is 5.57. The predicted molar refractivity (Wildman–Crippen MR) is 119 cm³/mol. The summed E-state index contributed by atoms with van der Waals surface area (Å²) in [6, 6.07) is 0. The molecule has 9 heteroatoms. The Balaban J connectivity index is 1.79. The van der Waals surface area contributed by atoms with Gasteiger partial charge < -0.3 is 15.8 Å². The smallest absolute Gasteiger partial charge is 0.262 e.